The second-order valence-electron chi connectivity index (χ2n) is 10.0. The molecule has 156 valence electrons. The van der Waals surface area contributed by atoms with Crippen molar-refractivity contribution in [2.75, 3.05) is 13.1 Å². The zero-order valence-corrected chi connectivity index (χ0v) is 19.4. The Hall–Kier alpha value is -1.70. The van der Waals surface area contributed by atoms with E-state index in [-0.39, 0.29) is 0 Å². The number of aromatic nitrogens is 2. The Morgan fingerprint density at radius 1 is 1.28 bits per heavy atom. The molecule has 0 spiro atoms. The fraction of sp³-hybridized carbons (Fsp3) is 0.600. The van der Waals surface area contributed by atoms with Crippen LogP contribution in [0.25, 0.3) is 10.7 Å². The molecule has 3 rings (SSSR count). The van der Waals surface area contributed by atoms with Crippen molar-refractivity contribution in [3.05, 3.63) is 35.0 Å². The SMILES string of the molecule is C#Cc1ccnc(-c2ncc(CN3CC(CCC(C)C)CC(C(C)(C)C)C3)s2)c1. The van der Waals surface area contributed by atoms with Crippen LogP contribution >= 0.6 is 11.3 Å². The molecule has 2 aromatic rings. The minimum Gasteiger partial charge on any atom is -0.298 e. The lowest BCUT2D eigenvalue weighted by Crippen LogP contribution is -2.44. The highest BCUT2D eigenvalue weighted by Gasteiger charge is 2.34. The summed E-state index contributed by atoms with van der Waals surface area (Å²) in [6.07, 6.45) is 13.4. The summed E-state index contributed by atoms with van der Waals surface area (Å²) in [7, 11) is 0. The maximum atomic E-state index is 5.53. The number of rotatable bonds is 6. The van der Waals surface area contributed by atoms with Crippen molar-refractivity contribution in [3.8, 4) is 23.0 Å². The molecule has 29 heavy (non-hydrogen) atoms. The van der Waals surface area contributed by atoms with Crippen LogP contribution in [-0.2, 0) is 6.54 Å². The van der Waals surface area contributed by atoms with Crippen molar-refractivity contribution in [1.29, 1.82) is 0 Å². The Kier molecular flexibility index (Phi) is 7.14. The molecule has 2 aromatic heterocycles. The number of nitrogens with zero attached hydrogens (tertiary/aromatic N) is 3. The third-order valence-corrected chi connectivity index (χ3v) is 7.07. The van der Waals surface area contributed by atoms with Gasteiger partial charge in [-0.25, -0.2) is 4.98 Å². The van der Waals surface area contributed by atoms with Crippen LogP contribution in [0.5, 0.6) is 0 Å². The van der Waals surface area contributed by atoms with Crippen molar-refractivity contribution in [2.45, 2.75) is 60.4 Å². The van der Waals surface area contributed by atoms with E-state index in [1.54, 1.807) is 17.5 Å². The second kappa shape index (κ2) is 9.41. The molecule has 1 fully saturated rings. The highest BCUT2D eigenvalue weighted by Crippen LogP contribution is 2.38. The molecule has 1 saturated heterocycles. The normalized spacial score (nSPS) is 20.7. The van der Waals surface area contributed by atoms with Crippen molar-refractivity contribution in [3.63, 3.8) is 0 Å². The van der Waals surface area contributed by atoms with Gasteiger partial charge in [0.2, 0.25) is 0 Å². The molecular weight excluding hydrogens is 374 g/mol. The molecule has 2 unspecified atom stereocenters. The monoisotopic (exact) mass is 409 g/mol. The van der Waals surface area contributed by atoms with Gasteiger partial charge in [0.1, 0.15) is 10.7 Å². The molecule has 0 N–H and O–H groups in total. The smallest absolute Gasteiger partial charge is 0.142 e. The lowest BCUT2D eigenvalue weighted by molar-refractivity contribution is 0.0534. The summed E-state index contributed by atoms with van der Waals surface area (Å²) in [5.74, 6) is 5.02. The Morgan fingerprint density at radius 2 is 2.07 bits per heavy atom. The van der Waals surface area contributed by atoms with Crippen molar-refractivity contribution in [1.82, 2.24) is 14.9 Å². The van der Waals surface area contributed by atoms with E-state index in [0.717, 1.165) is 40.6 Å². The molecule has 4 heteroatoms. The molecule has 1 aliphatic rings. The van der Waals surface area contributed by atoms with Gasteiger partial charge in [0.25, 0.3) is 0 Å². The molecule has 0 amide bonds. The summed E-state index contributed by atoms with van der Waals surface area (Å²) < 4.78 is 0. The molecule has 0 aliphatic carbocycles. The third-order valence-electron chi connectivity index (χ3n) is 6.07. The third kappa shape index (κ3) is 6.14. The van der Waals surface area contributed by atoms with Gasteiger partial charge >= 0.3 is 0 Å². The maximum Gasteiger partial charge on any atom is 0.142 e. The van der Waals surface area contributed by atoms with Gasteiger partial charge in [-0.15, -0.1) is 17.8 Å². The fourth-order valence-electron chi connectivity index (χ4n) is 4.19. The number of piperidine rings is 1. The van der Waals surface area contributed by atoms with E-state index in [4.69, 9.17) is 6.42 Å². The number of terminal acetylenes is 1. The molecule has 2 atom stereocenters. The van der Waals surface area contributed by atoms with Crippen LogP contribution in [0.2, 0.25) is 0 Å². The maximum absolute atomic E-state index is 5.53. The number of hydrogen-bond donors (Lipinski definition) is 0. The highest BCUT2D eigenvalue weighted by atomic mass is 32.1. The zero-order valence-electron chi connectivity index (χ0n) is 18.6. The molecule has 0 bridgehead atoms. The van der Waals surface area contributed by atoms with Crippen molar-refractivity contribution >= 4 is 11.3 Å². The number of thiazole rings is 1. The van der Waals surface area contributed by atoms with E-state index in [1.807, 2.05) is 18.3 Å². The number of pyridine rings is 1. The molecule has 0 saturated carbocycles. The Bertz CT molecular complexity index is 840. The number of likely N-dealkylation sites (tertiary alicyclic amines) is 1. The first kappa shape index (κ1) is 22.0. The second-order valence-corrected chi connectivity index (χ2v) is 11.2. The van der Waals surface area contributed by atoms with Crippen molar-refractivity contribution in [2.24, 2.45) is 23.2 Å². The first-order chi connectivity index (χ1) is 13.7. The quantitative estimate of drug-likeness (QED) is 0.539. The van der Waals surface area contributed by atoms with Crippen LogP contribution in [0.15, 0.2) is 24.5 Å². The minimum atomic E-state index is 0.354. The van der Waals surface area contributed by atoms with Crippen LogP contribution in [-0.4, -0.2) is 28.0 Å². The van der Waals surface area contributed by atoms with Crippen LogP contribution in [0.1, 0.15) is 64.3 Å². The van der Waals surface area contributed by atoms with Gasteiger partial charge in [-0.1, -0.05) is 47.0 Å². The van der Waals surface area contributed by atoms with Crippen LogP contribution in [0.3, 0.4) is 0 Å². The fourth-order valence-corrected chi connectivity index (χ4v) is 5.12. The Balaban J connectivity index is 1.70. The van der Waals surface area contributed by atoms with E-state index in [2.05, 4.69) is 55.4 Å². The number of hydrogen-bond acceptors (Lipinski definition) is 4. The molecule has 3 nitrogen and oxygen atoms in total. The highest BCUT2D eigenvalue weighted by molar-refractivity contribution is 7.14. The lowest BCUT2D eigenvalue weighted by Gasteiger charge is -2.43. The summed E-state index contributed by atoms with van der Waals surface area (Å²) in [6.45, 7) is 15.2. The van der Waals surface area contributed by atoms with E-state index in [1.165, 1.54) is 37.2 Å². The molecule has 0 radical (unpaired) electrons. The summed E-state index contributed by atoms with van der Waals surface area (Å²) in [5, 5.41) is 0.956. The van der Waals surface area contributed by atoms with Crippen LogP contribution < -0.4 is 0 Å². The molecular formula is C25H35N3S. The van der Waals surface area contributed by atoms with Crippen molar-refractivity contribution < 1.29 is 0 Å². The van der Waals surface area contributed by atoms with E-state index >= 15 is 0 Å². The van der Waals surface area contributed by atoms with Gasteiger partial charge in [0.15, 0.2) is 0 Å². The summed E-state index contributed by atoms with van der Waals surface area (Å²) in [6, 6.07) is 3.80. The van der Waals surface area contributed by atoms with Crippen LogP contribution in [0.4, 0.5) is 0 Å². The minimum absolute atomic E-state index is 0.354. The first-order valence-corrected chi connectivity index (χ1v) is 11.7. The van der Waals surface area contributed by atoms with Gasteiger partial charge in [0.05, 0.1) is 0 Å². The van der Waals surface area contributed by atoms with Gasteiger partial charge in [-0.05, 0) is 48.1 Å². The van der Waals surface area contributed by atoms with E-state index < -0.39 is 0 Å². The molecule has 0 aromatic carbocycles. The first-order valence-electron chi connectivity index (χ1n) is 10.8. The Labute approximate surface area is 181 Å². The van der Waals surface area contributed by atoms with E-state index in [9.17, 15) is 0 Å². The average Bonchev–Trinajstić information content (AvgIpc) is 3.14. The summed E-state index contributed by atoms with van der Waals surface area (Å²) >= 11 is 1.74. The summed E-state index contributed by atoms with van der Waals surface area (Å²) in [5.41, 5.74) is 2.08. The predicted molar refractivity (Wildman–Crippen MR) is 124 cm³/mol. The zero-order chi connectivity index (χ0) is 21.0. The van der Waals surface area contributed by atoms with Crippen LogP contribution in [0, 0.1) is 35.5 Å². The summed E-state index contributed by atoms with van der Waals surface area (Å²) in [4.78, 5) is 13.1. The van der Waals surface area contributed by atoms with Gasteiger partial charge < -0.3 is 0 Å². The largest absolute Gasteiger partial charge is 0.298 e. The molecule has 3 heterocycles. The van der Waals surface area contributed by atoms with E-state index in [0.29, 0.717) is 5.41 Å². The molecule has 1 aliphatic heterocycles. The standard InChI is InChI=1S/C25H35N3S/c1-7-19-10-11-26-23(13-19)24-27-14-22(29-24)17-28-15-20(9-8-18(2)3)12-21(16-28)25(4,5)6/h1,10-11,13-14,18,20-21H,8-9,12,15-17H2,2-6H3. The Morgan fingerprint density at radius 3 is 2.76 bits per heavy atom. The van der Waals surface area contributed by atoms with Gasteiger partial charge in [-0.2, -0.15) is 0 Å². The average molecular weight is 410 g/mol. The predicted octanol–water partition coefficient (Wildman–Crippen LogP) is 6.11. The topological polar surface area (TPSA) is 29.0 Å². The lowest BCUT2D eigenvalue weighted by atomic mass is 9.72. The van der Waals surface area contributed by atoms with Gasteiger partial charge in [-0.3, -0.25) is 9.88 Å². The van der Waals surface area contributed by atoms with Gasteiger partial charge in [0, 0.05) is 42.5 Å².